The molecule has 2 nitrogen and oxygen atoms in total. The smallest absolute Gasteiger partial charge is 0.365 e. The summed E-state index contributed by atoms with van der Waals surface area (Å²) in [4.78, 5) is 10.7. The van der Waals surface area contributed by atoms with Gasteiger partial charge in [-0.25, -0.2) is 4.39 Å². The molecule has 0 aliphatic rings. The number of carbonyl (C=O) groups excluding carboxylic acids is 1. The number of halogens is 5. The number of hydrogen-bond acceptors (Lipinski definition) is 1. The third-order valence-electron chi connectivity index (χ3n) is 1.64. The van der Waals surface area contributed by atoms with Crippen LogP contribution >= 0.6 is 11.6 Å². The van der Waals surface area contributed by atoms with Crippen molar-refractivity contribution in [1.82, 2.24) is 0 Å². The molecule has 1 rings (SSSR count). The van der Waals surface area contributed by atoms with Crippen molar-refractivity contribution < 1.29 is 22.4 Å². The minimum Gasteiger partial charge on any atom is -0.365 e. The maximum absolute atomic E-state index is 13.2. The van der Waals surface area contributed by atoms with Crippen LogP contribution in [0.5, 0.6) is 0 Å². The molecule has 15 heavy (non-hydrogen) atoms. The second-order valence-electron chi connectivity index (χ2n) is 2.65. The number of carbonyl (C=O) groups is 1. The number of alkyl halides is 3. The summed E-state index contributed by atoms with van der Waals surface area (Å²) < 4.78 is 49.7. The van der Waals surface area contributed by atoms with Crippen molar-refractivity contribution >= 4 is 17.5 Å². The van der Waals surface area contributed by atoms with E-state index in [2.05, 4.69) is 0 Å². The van der Waals surface area contributed by atoms with E-state index in [4.69, 9.17) is 17.3 Å². The minimum atomic E-state index is -4.89. The first kappa shape index (κ1) is 11.8. The number of hydrogen-bond donors (Lipinski definition) is 1. The molecule has 0 atom stereocenters. The van der Waals surface area contributed by atoms with Gasteiger partial charge in [-0.1, -0.05) is 11.6 Å². The first-order valence-electron chi connectivity index (χ1n) is 3.60. The maximum atomic E-state index is 13.2. The maximum Gasteiger partial charge on any atom is 0.419 e. The molecule has 0 aliphatic carbocycles. The van der Waals surface area contributed by atoms with Crippen molar-refractivity contribution in [2.45, 2.75) is 6.18 Å². The molecule has 1 aromatic rings. The first-order chi connectivity index (χ1) is 6.75. The van der Waals surface area contributed by atoms with Crippen molar-refractivity contribution in [3.63, 3.8) is 0 Å². The highest BCUT2D eigenvalue weighted by Gasteiger charge is 2.36. The summed E-state index contributed by atoms with van der Waals surface area (Å²) in [6, 6.07) is 1.22. The Labute approximate surface area is 86.6 Å². The second-order valence-corrected chi connectivity index (χ2v) is 3.05. The lowest BCUT2D eigenvalue weighted by atomic mass is 10.1. The van der Waals surface area contributed by atoms with Gasteiger partial charge in [-0.2, -0.15) is 13.2 Å². The highest BCUT2D eigenvalue weighted by Crippen LogP contribution is 2.34. The van der Waals surface area contributed by atoms with E-state index in [1.54, 1.807) is 0 Å². The molecule has 0 spiro atoms. The Hall–Kier alpha value is -1.30. The number of primary amides is 1. The second kappa shape index (κ2) is 3.69. The molecule has 0 aliphatic heterocycles. The molecule has 0 fully saturated rings. The largest absolute Gasteiger partial charge is 0.419 e. The lowest BCUT2D eigenvalue weighted by Crippen LogP contribution is -2.18. The fourth-order valence-corrected chi connectivity index (χ4v) is 1.24. The van der Waals surface area contributed by atoms with Crippen LogP contribution in [0.2, 0.25) is 5.02 Å². The quantitative estimate of drug-likeness (QED) is 0.755. The number of rotatable bonds is 1. The molecule has 1 aromatic carbocycles. The Morgan fingerprint density at radius 2 is 1.87 bits per heavy atom. The highest BCUT2D eigenvalue weighted by molar-refractivity contribution is 6.33. The van der Waals surface area contributed by atoms with E-state index in [1.807, 2.05) is 0 Å². The SMILES string of the molecule is NC(=O)c1c(Cl)ccc(C(F)(F)F)c1F. The van der Waals surface area contributed by atoms with Gasteiger partial charge in [-0.3, -0.25) is 4.79 Å². The fourth-order valence-electron chi connectivity index (χ4n) is 0.997. The molecule has 0 aromatic heterocycles. The van der Waals surface area contributed by atoms with Gasteiger partial charge in [0.15, 0.2) is 0 Å². The summed E-state index contributed by atoms with van der Waals surface area (Å²) >= 11 is 5.34. The van der Waals surface area contributed by atoms with Gasteiger partial charge in [0.1, 0.15) is 5.82 Å². The van der Waals surface area contributed by atoms with E-state index < -0.39 is 34.1 Å². The van der Waals surface area contributed by atoms with Crippen molar-refractivity contribution in [1.29, 1.82) is 0 Å². The summed E-state index contributed by atoms with van der Waals surface area (Å²) in [7, 11) is 0. The lowest BCUT2D eigenvalue weighted by Gasteiger charge is -2.10. The van der Waals surface area contributed by atoms with E-state index in [9.17, 15) is 22.4 Å². The van der Waals surface area contributed by atoms with Gasteiger partial charge in [0.25, 0.3) is 5.91 Å². The fraction of sp³-hybridized carbons (Fsp3) is 0.125. The molecule has 0 heterocycles. The normalized spacial score (nSPS) is 11.5. The van der Waals surface area contributed by atoms with Gasteiger partial charge in [0.05, 0.1) is 16.1 Å². The summed E-state index contributed by atoms with van der Waals surface area (Å²) in [5, 5.41) is -0.451. The lowest BCUT2D eigenvalue weighted by molar-refractivity contribution is -0.140. The molecule has 0 saturated carbocycles. The Balaban J connectivity index is 3.49. The van der Waals surface area contributed by atoms with E-state index in [0.29, 0.717) is 6.07 Å². The molecule has 7 heteroatoms. The van der Waals surface area contributed by atoms with Crippen LogP contribution in [0.25, 0.3) is 0 Å². The third kappa shape index (κ3) is 2.20. The Kier molecular flexibility index (Phi) is 2.90. The van der Waals surface area contributed by atoms with Crippen LogP contribution in [0, 0.1) is 5.82 Å². The summed E-state index contributed by atoms with van der Waals surface area (Å²) in [6.07, 6.45) is -4.89. The van der Waals surface area contributed by atoms with Crippen LogP contribution in [-0.4, -0.2) is 5.91 Å². The molecule has 0 bridgehead atoms. The average molecular weight is 242 g/mol. The van der Waals surface area contributed by atoms with Crippen LogP contribution in [-0.2, 0) is 6.18 Å². The Bertz CT molecular complexity index is 416. The van der Waals surface area contributed by atoms with Gasteiger partial charge >= 0.3 is 6.18 Å². The van der Waals surface area contributed by atoms with Crippen LogP contribution in [0.1, 0.15) is 15.9 Å². The van der Waals surface area contributed by atoms with E-state index >= 15 is 0 Å². The van der Waals surface area contributed by atoms with E-state index in [0.717, 1.165) is 6.07 Å². The molecular weight excluding hydrogens is 238 g/mol. The van der Waals surface area contributed by atoms with Gasteiger partial charge in [0.2, 0.25) is 0 Å². The van der Waals surface area contributed by atoms with Crippen LogP contribution in [0.3, 0.4) is 0 Å². The molecule has 0 radical (unpaired) electrons. The molecule has 2 N–H and O–H groups in total. The van der Waals surface area contributed by atoms with E-state index in [1.165, 1.54) is 0 Å². The highest BCUT2D eigenvalue weighted by atomic mass is 35.5. The number of nitrogens with two attached hydrogens (primary N) is 1. The Morgan fingerprint density at radius 1 is 1.33 bits per heavy atom. The van der Waals surface area contributed by atoms with Gasteiger partial charge in [-0.15, -0.1) is 0 Å². The average Bonchev–Trinajstić information content (AvgIpc) is 2.00. The number of benzene rings is 1. The topological polar surface area (TPSA) is 43.1 Å². The monoisotopic (exact) mass is 241 g/mol. The van der Waals surface area contributed by atoms with Crippen molar-refractivity contribution in [3.05, 3.63) is 34.1 Å². The molecule has 1 amide bonds. The van der Waals surface area contributed by atoms with Crippen molar-refractivity contribution in [2.75, 3.05) is 0 Å². The van der Waals surface area contributed by atoms with Gasteiger partial charge in [0, 0.05) is 0 Å². The van der Waals surface area contributed by atoms with Gasteiger partial charge in [-0.05, 0) is 12.1 Å². The Morgan fingerprint density at radius 3 is 2.27 bits per heavy atom. The molecule has 0 unspecified atom stereocenters. The predicted molar refractivity (Wildman–Crippen MR) is 44.9 cm³/mol. The zero-order valence-corrected chi connectivity index (χ0v) is 7.79. The first-order valence-corrected chi connectivity index (χ1v) is 3.98. The summed E-state index contributed by atoms with van der Waals surface area (Å²) in [5.74, 6) is -3.09. The van der Waals surface area contributed by atoms with Gasteiger partial charge < -0.3 is 5.73 Å². The third-order valence-corrected chi connectivity index (χ3v) is 1.96. The predicted octanol–water partition coefficient (Wildman–Crippen LogP) is 2.60. The van der Waals surface area contributed by atoms with Crippen molar-refractivity contribution in [3.8, 4) is 0 Å². The minimum absolute atomic E-state index is 0.449. The van der Waals surface area contributed by atoms with E-state index in [-0.39, 0.29) is 0 Å². The van der Waals surface area contributed by atoms with Crippen LogP contribution in [0.15, 0.2) is 12.1 Å². The number of amides is 1. The molecule has 82 valence electrons. The molecular formula is C8H4ClF4NO. The zero-order chi connectivity index (χ0) is 11.8. The van der Waals surface area contributed by atoms with Crippen molar-refractivity contribution in [2.24, 2.45) is 5.73 Å². The van der Waals surface area contributed by atoms with Crippen LogP contribution < -0.4 is 5.73 Å². The van der Waals surface area contributed by atoms with Crippen LogP contribution in [0.4, 0.5) is 17.6 Å². The zero-order valence-electron chi connectivity index (χ0n) is 7.03. The summed E-state index contributed by atoms with van der Waals surface area (Å²) in [6.45, 7) is 0. The standard InChI is InChI=1S/C8H4ClF4NO/c9-4-2-1-3(8(11,12)13)6(10)5(4)7(14)15/h1-2H,(H2,14,15). The molecule has 0 saturated heterocycles. The summed E-state index contributed by atoms with van der Waals surface area (Å²) in [5.41, 5.74) is 2.18.